The van der Waals surface area contributed by atoms with Gasteiger partial charge in [0.1, 0.15) is 0 Å². The maximum Gasteiger partial charge on any atom is 0.0660 e. The van der Waals surface area contributed by atoms with Crippen molar-refractivity contribution in [3.05, 3.63) is 23.8 Å². The smallest absolute Gasteiger partial charge is 0.0660 e. The fourth-order valence-corrected chi connectivity index (χ4v) is 1.65. The molecule has 2 atom stereocenters. The van der Waals surface area contributed by atoms with Crippen molar-refractivity contribution in [1.82, 2.24) is 4.90 Å². The van der Waals surface area contributed by atoms with Gasteiger partial charge >= 0.3 is 0 Å². The summed E-state index contributed by atoms with van der Waals surface area (Å²) in [7, 11) is 4.05. The molecule has 1 rings (SSSR count). The highest BCUT2D eigenvalue weighted by atomic mass is 15.2. The monoisotopic (exact) mass is 180 g/mol. The molecule has 0 aliphatic heterocycles. The van der Waals surface area contributed by atoms with E-state index in [-0.39, 0.29) is 11.6 Å². The minimum atomic E-state index is 0.0863. The minimum Gasteiger partial charge on any atom is -0.315 e. The lowest BCUT2D eigenvalue weighted by Crippen LogP contribution is -2.48. The fourth-order valence-electron chi connectivity index (χ4n) is 1.65. The zero-order chi connectivity index (χ0) is 10.1. The highest BCUT2D eigenvalue weighted by molar-refractivity contribution is 5.25. The van der Waals surface area contributed by atoms with Gasteiger partial charge in [-0.15, -0.1) is 0 Å². The van der Waals surface area contributed by atoms with Gasteiger partial charge in [-0.3, -0.25) is 4.90 Å². The molecule has 0 amide bonds. The number of nitrogens with two attached hydrogens (primary N) is 1. The Kier molecular flexibility index (Phi) is 2.94. The Morgan fingerprint density at radius 1 is 1.54 bits per heavy atom. The molecule has 0 aromatic heterocycles. The highest BCUT2D eigenvalue weighted by Gasteiger charge is 2.30. The largest absolute Gasteiger partial charge is 0.315 e. The molecular formula is C11H20N2. The van der Waals surface area contributed by atoms with Gasteiger partial charge in [-0.25, -0.2) is 0 Å². The normalized spacial score (nSPS) is 30.5. The molecule has 74 valence electrons. The number of hydrogen-bond acceptors (Lipinski definition) is 2. The summed E-state index contributed by atoms with van der Waals surface area (Å²) in [6, 6.07) is 0. The first kappa shape index (κ1) is 10.5. The molecule has 2 heteroatoms. The lowest BCUT2D eigenvalue weighted by atomic mass is 9.79. The van der Waals surface area contributed by atoms with Gasteiger partial charge < -0.3 is 5.73 Å². The van der Waals surface area contributed by atoms with Gasteiger partial charge in [0.25, 0.3) is 0 Å². The molecule has 0 bridgehead atoms. The van der Waals surface area contributed by atoms with Gasteiger partial charge in [-0.05, 0) is 27.4 Å². The van der Waals surface area contributed by atoms with Crippen molar-refractivity contribution < 1.29 is 0 Å². The van der Waals surface area contributed by atoms with Crippen LogP contribution in [0.5, 0.6) is 0 Å². The van der Waals surface area contributed by atoms with Crippen molar-refractivity contribution in [3.63, 3.8) is 0 Å². The van der Waals surface area contributed by atoms with Crippen molar-refractivity contribution >= 4 is 0 Å². The molecule has 0 aromatic carbocycles. The van der Waals surface area contributed by atoms with Gasteiger partial charge in [0, 0.05) is 5.41 Å². The number of rotatable bonds is 2. The van der Waals surface area contributed by atoms with Crippen molar-refractivity contribution in [3.8, 4) is 0 Å². The Morgan fingerprint density at radius 3 is 2.54 bits per heavy atom. The molecule has 2 nitrogen and oxygen atoms in total. The van der Waals surface area contributed by atoms with Crippen LogP contribution in [0.15, 0.2) is 23.8 Å². The molecule has 0 aromatic rings. The average Bonchev–Trinajstić information content (AvgIpc) is 2.09. The van der Waals surface area contributed by atoms with E-state index in [1.165, 1.54) is 5.57 Å². The summed E-state index contributed by atoms with van der Waals surface area (Å²) >= 11 is 0. The van der Waals surface area contributed by atoms with Crippen molar-refractivity contribution in [1.29, 1.82) is 0 Å². The van der Waals surface area contributed by atoms with Crippen LogP contribution in [0.25, 0.3) is 0 Å². The zero-order valence-corrected chi connectivity index (χ0v) is 9.04. The second kappa shape index (κ2) is 3.64. The van der Waals surface area contributed by atoms with Crippen LogP contribution in [0.4, 0.5) is 0 Å². The third-order valence-corrected chi connectivity index (χ3v) is 2.82. The van der Waals surface area contributed by atoms with Gasteiger partial charge in [0.2, 0.25) is 0 Å². The van der Waals surface area contributed by atoms with E-state index in [1.807, 2.05) is 14.1 Å². The quantitative estimate of drug-likeness (QED) is 0.656. The molecule has 0 saturated carbocycles. The summed E-state index contributed by atoms with van der Waals surface area (Å²) in [6.07, 6.45) is 7.77. The second-order valence-electron chi connectivity index (χ2n) is 4.40. The maximum atomic E-state index is 6.12. The Hall–Kier alpha value is -0.600. The summed E-state index contributed by atoms with van der Waals surface area (Å²) in [6.45, 7) is 4.33. The molecular weight excluding hydrogens is 160 g/mol. The van der Waals surface area contributed by atoms with Crippen molar-refractivity contribution in [2.45, 2.75) is 26.4 Å². The third-order valence-electron chi connectivity index (χ3n) is 2.82. The number of nitrogens with zero attached hydrogens (tertiary/aromatic N) is 1. The Balaban J connectivity index is 2.75. The Bertz CT molecular complexity index is 240. The minimum absolute atomic E-state index is 0.0863. The van der Waals surface area contributed by atoms with Crippen LogP contribution < -0.4 is 5.73 Å². The van der Waals surface area contributed by atoms with E-state index in [1.54, 1.807) is 0 Å². The molecule has 2 unspecified atom stereocenters. The van der Waals surface area contributed by atoms with Gasteiger partial charge in [-0.2, -0.15) is 0 Å². The highest BCUT2D eigenvalue weighted by Crippen LogP contribution is 2.32. The van der Waals surface area contributed by atoms with E-state index < -0.39 is 0 Å². The fraction of sp³-hybridized carbons (Fsp3) is 0.636. The van der Waals surface area contributed by atoms with Crippen molar-refractivity contribution in [2.24, 2.45) is 11.1 Å². The van der Waals surface area contributed by atoms with Crippen LogP contribution in [0.2, 0.25) is 0 Å². The predicted octanol–water partition coefficient (Wildman–Crippen LogP) is 1.75. The average molecular weight is 180 g/mol. The molecule has 2 N–H and O–H groups in total. The molecule has 0 spiro atoms. The summed E-state index contributed by atoms with van der Waals surface area (Å²) < 4.78 is 0. The lowest BCUT2D eigenvalue weighted by molar-refractivity contribution is 0.167. The van der Waals surface area contributed by atoms with Crippen molar-refractivity contribution in [2.75, 3.05) is 14.1 Å². The standard InChI is InChI=1S/C11H20N2/c1-9-5-7-11(2,8-6-9)10(12)13(3)4/h5-7,10H,8,12H2,1-4H3. The molecule has 1 aliphatic carbocycles. The van der Waals surface area contributed by atoms with Gasteiger partial charge in [0.15, 0.2) is 0 Å². The summed E-state index contributed by atoms with van der Waals surface area (Å²) in [5.41, 5.74) is 7.54. The van der Waals surface area contributed by atoms with E-state index in [9.17, 15) is 0 Å². The maximum absolute atomic E-state index is 6.12. The van der Waals surface area contributed by atoms with Gasteiger partial charge in [-0.1, -0.05) is 30.7 Å². The molecule has 0 fully saturated rings. The van der Waals surface area contributed by atoms with E-state index in [4.69, 9.17) is 5.73 Å². The number of hydrogen-bond donors (Lipinski definition) is 1. The molecule has 0 saturated heterocycles. The van der Waals surface area contributed by atoms with E-state index in [2.05, 4.69) is 37.0 Å². The van der Waals surface area contributed by atoms with Crippen LogP contribution in [0.1, 0.15) is 20.3 Å². The summed E-state index contributed by atoms with van der Waals surface area (Å²) in [4.78, 5) is 2.07. The summed E-state index contributed by atoms with van der Waals surface area (Å²) in [5.74, 6) is 0. The Labute approximate surface area is 81.1 Å². The summed E-state index contributed by atoms with van der Waals surface area (Å²) in [5, 5.41) is 0. The predicted molar refractivity (Wildman–Crippen MR) is 57.3 cm³/mol. The Morgan fingerprint density at radius 2 is 2.15 bits per heavy atom. The van der Waals surface area contributed by atoms with Crippen LogP contribution >= 0.6 is 0 Å². The molecule has 0 heterocycles. The first-order chi connectivity index (χ1) is 5.96. The van der Waals surface area contributed by atoms with E-state index in [0.29, 0.717) is 0 Å². The van der Waals surface area contributed by atoms with Crippen LogP contribution in [-0.2, 0) is 0 Å². The van der Waals surface area contributed by atoms with Crippen LogP contribution in [0.3, 0.4) is 0 Å². The topological polar surface area (TPSA) is 29.3 Å². The van der Waals surface area contributed by atoms with Crippen LogP contribution in [0, 0.1) is 5.41 Å². The zero-order valence-electron chi connectivity index (χ0n) is 9.04. The second-order valence-corrected chi connectivity index (χ2v) is 4.40. The first-order valence-corrected chi connectivity index (χ1v) is 4.74. The van der Waals surface area contributed by atoms with E-state index in [0.717, 1.165) is 6.42 Å². The first-order valence-electron chi connectivity index (χ1n) is 4.74. The molecule has 1 aliphatic rings. The van der Waals surface area contributed by atoms with E-state index >= 15 is 0 Å². The third kappa shape index (κ3) is 2.20. The van der Waals surface area contributed by atoms with Gasteiger partial charge in [0.05, 0.1) is 6.17 Å². The molecule has 0 radical (unpaired) electrons. The number of allylic oxidation sites excluding steroid dienone is 3. The van der Waals surface area contributed by atoms with Crippen LogP contribution in [-0.4, -0.2) is 25.2 Å². The lowest BCUT2D eigenvalue weighted by Gasteiger charge is -2.37. The SMILES string of the molecule is CC1=CCC(C)(C(N)N(C)C)C=C1. The molecule has 13 heavy (non-hydrogen) atoms.